The fraction of sp³-hybridized carbons (Fsp3) is 0.357. The fourth-order valence-corrected chi connectivity index (χ4v) is 2.29. The highest BCUT2D eigenvalue weighted by Gasteiger charge is 2.12. The van der Waals surface area contributed by atoms with Crippen molar-refractivity contribution in [3.63, 3.8) is 0 Å². The van der Waals surface area contributed by atoms with Crippen LogP contribution in [0.1, 0.15) is 30.9 Å². The fourth-order valence-electron chi connectivity index (χ4n) is 1.93. The average molecular weight is 250 g/mol. The zero-order valence-electron chi connectivity index (χ0n) is 10.5. The van der Waals surface area contributed by atoms with Crippen LogP contribution in [-0.2, 0) is 0 Å². The van der Waals surface area contributed by atoms with Gasteiger partial charge in [-0.25, -0.2) is 4.98 Å². The van der Waals surface area contributed by atoms with Gasteiger partial charge in [0.15, 0.2) is 0 Å². The average Bonchev–Trinajstić information content (AvgIpc) is 2.28. The number of aryl methyl sites for hydroxylation is 1. The van der Waals surface area contributed by atoms with Crippen molar-refractivity contribution in [1.82, 2.24) is 4.98 Å². The molecule has 0 fully saturated rings. The molecule has 0 bridgehead atoms. The number of aromatic nitrogens is 1. The third-order valence-electron chi connectivity index (χ3n) is 2.99. The van der Waals surface area contributed by atoms with Crippen molar-refractivity contribution < 1.29 is 4.74 Å². The summed E-state index contributed by atoms with van der Waals surface area (Å²) in [5.41, 5.74) is 3.10. The van der Waals surface area contributed by atoms with Gasteiger partial charge in [-0.1, -0.05) is 31.5 Å². The van der Waals surface area contributed by atoms with Gasteiger partial charge in [0.2, 0.25) is 0 Å². The first-order valence-electron chi connectivity index (χ1n) is 5.68. The van der Waals surface area contributed by atoms with Crippen molar-refractivity contribution >= 4 is 22.5 Å². The molecule has 0 spiro atoms. The number of ether oxygens (including phenoxy) is 1. The molecule has 17 heavy (non-hydrogen) atoms. The monoisotopic (exact) mass is 249 g/mol. The largest absolute Gasteiger partial charge is 0.494 e. The van der Waals surface area contributed by atoms with Gasteiger partial charge in [0.25, 0.3) is 0 Å². The first kappa shape index (κ1) is 12.2. The van der Waals surface area contributed by atoms with E-state index < -0.39 is 0 Å². The molecule has 2 rings (SSSR count). The maximum atomic E-state index is 6.21. The lowest BCUT2D eigenvalue weighted by Gasteiger charge is -2.12. The number of rotatable bonds is 2. The van der Waals surface area contributed by atoms with Crippen LogP contribution < -0.4 is 4.74 Å². The van der Waals surface area contributed by atoms with Gasteiger partial charge in [0.05, 0.1) is 7.11 Å². The third-order valence-corrected chi connectivity index (χ3v) is 3.29. The highest BCUT2D eigenvalue weighted by molar-refractivity contribution is 6.30. The smallest absolute Gasteiger partial charge is 0.145 e. The van der Waals surface area contributed by atoms with Crippen molar-refractivity contribution in [1.29, 1.82) is 0 Å². The Hall–Kier alpha value is -1.28. The predicted octanol–water partition coefficient (Wildman–Crippen LogP) is 4.33. The first-order chi connectivity index (χ1) is 8.04. The minimum absolute atomic E-state index is 0.366. The molecule has 3 heteroatoms. The molecule has 1 aromatic carbocycles. The van der Waals surface area contributed by atoms with Gasteiger partial charge in [0.1, 0.15) is 16.4 Å². The highest BCUT2D eigenvalue weighted by atomic mass is 35.5. The second kappa shape index (κ2) is 4.53. The maximum Gasteiger partial charge on any atom is 0.145 e. The van der Waals surface area contributed by atoms with Crippen LogP contribution in [0.25, 0.3) is 10.9 Å². The molecule has 2 nitrogen and oxygen atoms in total. The number of fused-ring (bicyclic) bond motifs is 1. The van der Waals surface area contributed by atoms with Gasteiger partial charge in [0, 0.05) is 5.39 Å². The summed E-state index contributed by atoms with van der Waals surface area (Å²) in [7, 11) is 1.65. The Bertz CT molecular complexity index is 564. The number of hydrogen-bond donors (Lipinski definition) is 0. The van der Waals surface area contributed by atoms with Crippen LogP contribution in [0, 0.1) is 6.92 Å². The van der Waals surface area contributed by atoms with E-state index in [2.05, 4.69) is 31.8 Å². The maximum absolute atomic E-state index is 6.21. The van der Waals surface area contributed by atoms with Crippen molar-refractivity contribution in [2.75, 3.05) is 7.11 Å². The van der Waals surface area contributed by atoms with Gasteiger partial charge < -0.3 is 4.74 Å². The molecule has 0 unspecified atom stereocenters. The van der Waals surface area contributed by atoms with Crippen LogP contribution in [0.5, 0.6) is 5.75 Å². The third kappa shape index (κ3) is 2.09. The predicted molar refractivity (Wildman–Crippen MR) is 72.1 cm³/mol. The van der Waals surface area contributed by atoms with E-state index in [1.54, 1.807) is 7.11 Å². The summed E-state index contributed by atoms with van der Waals surface area (Å²) in [4.78, 5) is 4.47. The van der Waals surface area contributed by atoms with Crippen LogP contribution >= 0.6 is 11.6 Å². The molecule has 0 saturated carbocycles. The molecule has 0 saturated heterocycles. The van der Waals surface area contributed by atoms with Gasteiger partial charge in [-0.2, -0.15) is 0 Å². The van der Waals surface area contributed by atoms with Crippen LogP contribution in [0.3, 0.4) is 0 Å². The van der Waals surface area contributed by atoms with E-state index in [-0.39, 0.29) is 0 Å². The van der Waals surface area contributed by atoms with E-state index >= 15 is 0 Å². The number of hydrogen-bond acceptors (Lipinski definition) is 2. The topological polar surface area (TPSA) is 22.1 Å². The zero-order chi connectivity index (χ0) is 12.6. The molecule has 0 atom stereocenters. The Balaban J connectivity index is 2.81. The summed E-state index contributed by atoms with van der Waals surface area (Å²) in [5.74, 6) is 1.13. The van der Waals surface area contributed by atoms with Crippen LogP contribution in [0.4, 0.5) is 0 Å². The van der Waals surface area contributed by atoms with E-state index in [0.29, 0.717) is 11.1 Å². The summed E-state index contributed by atoms with van der Waals surface area (Å²) in [6.07, 6.45) is 0. The SMILES string of the molecule is COc1ccc(C)c2cc(C(C)C)c(Cl)nc12. The standard InChI is InChI=1S/C14H16ClNO/c1-8(2)10-7-11-9(3)5-6-12(17-4)13(11)16-14(10)15/h5-8H,1-4H3. The van der Waals surface area contributed by atoms with Crippen molar-refractivity contribution in [3.8, 4) is 5.75 Å². The van der Waals surface area contributed by atoms with Crippen LogP contribution in [0.15, 0.2) is 18.2 Å². The minimum atomic E-state index is 0.366. The summed E-state index contributed by atoms with van der Waals surface area (Å²) in [5, 5.41) is 1.67. The zero-order valence-corrected chi connectivity index (χ0v) is 11.3. The minimum Gasteiger partial charge on any atom is -0.494 e. The first-order valence-corrected chi connectivity index (χ1v) is 6.06. The lowest BCUT2D eigenvalue weighted by atomic mass is 10.0. The molecule has 0 N–H and O–H groups in total. The molecule has 2 aromatic rings. The lowest BCUT2D eigenvalue weighted by Crippen LogP contribution is -1.96. The molecule has 0 aliphatic carbocycles. The Labute approximate surface area is 107 Å². The lowest BCUT2D eigenvalue weighted by molar-refractivity contribution is 0.419. The molecule has 1 aromatic heterocycles. The molecular weight excluding hydrogens is 234 g/mol. The van der Waals surface area contributed by atoms with Crippen molar-refractivity contribution in [2.45, 2.75) is 26.7 Å². The molecule has 0 radical (unpaired) electrons. The van der Waals surface area contributed by atoms with Gasteiger partial charge >= 0.3 is 0 Å². The van der Waals surface area contributed by atoms with Crippen molar-refractivity contribution in [3.05, 3.63) is 34.5 Å². The summed E-state index contributed by atoms with van der Waals surface area (Å²) >= 11 is 6.21. The van der Waals surface area contributed by atoms with E-state index in [1.807, 2.05) is 12.1 Å². The number of pyridine rings is 1. The van der Waals surface area contributed by atoms with E-state index in [9.17, 15) is 0 Å². The second-order valence-electron chi connectivity index (χ2n) is 4.50. The molecule has 1 heterocycles. The number of nitrogens with zero attached hydrogens (tertiary/aromatic N) is 1. The van der Waals surface area contributed by atoms with Gasteiger partial charge in [-0.15, -0.1) is 0 Å². The summed E-state index contributed by atoms with van der Waals surface area (Å²) in [6.45, 7) is 6.30. The van der Waals surface area contributed by atoms with Crippen LogP contribution in [0.2, 0.25) is 5.15 Å². The summed E-state index contributed by atoms with van der Waals surface area (Å²) < 4.78 is 5.32. The van der Waals surface area contributed by atoms with Crippen LogP contribution in [-0.4, -0.2) is 12.1 Å². The van der Waals surface area contributed by atoms with Gasteiger partial charge in [-0.05, 0) is 36.1 Å². The normalized spacial score (nSPS) is 11.2. The quantitative estimate of drug-likeness (QED) is 0.739. The van der Waals surface area contributed by atoms with Gasteiger partial charge in [-0.3, -0.25) is 0 Å². The van der Waals surface area contributed by atoms with Crippen molar-refractivity contribution in [2.24, 2.45) is 0 Å². The second-order valence-corrected chi connectivity index (χ2v) is 4.86. The van der Waals surface area contributed by atoms with E-state index in [0.717, 1.165) is 22.2 Å². The Kier molecular flexibility index (Phi) is 3.25. The summed E-state index contributed by atoms with van der Waals surface area (Å²) in [6, 6.07) is 6.09. The molecular formula is C14H16ClNO. The number of methoxy groups -OCH3 is 1. The molecule has 90 valence electrons. The number of benzene rings is 1. The molecule has 0 aliphatic rings. The van der Waals surface area contributed by atoms with E-state index in [1.165, 1.54) is 5.56 Å². The molecule has 0 amide bonds. The Morgan fingerprint density at radius 1 is 1.29 bits per heavy atom. The Morgan fingerprint density at radius 2 is 2.00 bits per heavy atom. The van der Waals surface area contributed by atoms with E-state index in [4.69, 9.17) is 16.3 Å². The highest BCUT2D eigenvalue weighted by Crippen LogP contribution is 2.32. The number of halogens is 1. The molecule has 0 aliphatic heterocycles. The Morgan fingerprint density at radius 3 is 2.59 bits per heavy atom.